The van der Waals surface area contributed by atoms with Crippen LogP contribution >= 0.6 is 0 Å². The molecule has 13 atom stereocenters. The zero-order chi connectivity index (χ0) is 33.3. The molecule has 5 aliphatic rings. The Morgan fingerprint density at radius 2 is 1.83 bits per heavy atom. The molecule has 10 nitrogen and oxygen atoms in total. The summed E-state index contributed by atoms with van der Waals surface area (Å²) in [6.45, 7) is 11.4. The Morgan fingerprint density at radius 3 is 2.50 bits per heavy atom. The van der Waals surface area contributed by atoms with E-state index in [9.17, 15) is 30.3 Å². The molecule has 46 heavy (non-hydrogen) atoms. The zero-order valence-corrected chi connectivity index (χ0v) is 27.3. The van der Waals surface area contributed by atoms with Crippen molar-refractivity contribution < 1.29 is 49.3 Å². The molecule has 5 fully saturated rings. The number of carbonyl (C=O) groups is 1. The maximum Gasteiger partial charge on any atom is 0.313 e. The SMILES string of the molecule is C=C(C)C12CC(C)C34OC(c5ccccc5)(OC1C3C(O)C(O)(COCCC=CC(=O)CCCC)C(O)C1(O)C(O)C(C)CC14)O2. The minimum absolute atomic E-state index is 0.0243. The van der Waals surface area contributed by atoms with Gasteiger partial charge in [0.2, 0.25) is 0 Å². The highest BCUT2D eigenvalue weighted by molar-refractivity contribution is 5.89. The van der Waals surface area contributed by atoms with Gasteiger partial charge in [-0.15, -0.1) is 0 Å². The van der Waals surface area contributed by atoms with Gasteiger partial charge in [-0.1, -0.05) is 70.2 Å². The molecule has 1 aromatic carbocycles. The van der Waals surface area contributed by atoms with Gasteiger partial charge in [0.1, 0.15) is 29.0 Å². The van der Waals surface area contributed by atoms with E-state index in [1.165, 1.54) is 6.08 Å². The number of carbonyl (C=O) groups excluding carboxylic acids is 1. The number of ketones is 1. The lowest BCUT2D eigenvalue weighted by Crippen LogP contribution is -2.73. The number of rotatable bonds is 11. The van der Waals surface area contributed by atoms with E-state index >= 15 is 0 Å². The van der Waals surface area contributed by atoms with Gasteiger partial charge in [-0.25, -0.2) is 0 Å². The van der Waals surface area contributed by atoms with E-state index in [0.717, 1.165) is 12.8 Å². The number of ether oxygens (including phenoxy) is 4. The maximum absolute atomic E-state index is 12.6. The summed E-state index contributed by atoms with van der Waals surface area (Å²) >= 11 is 0. The van der Waals surface area contributed by atoms with Crippen LogP contribution in [0.15, 0.2) is 54.6 Å². The minimum Gasteiger partial charge on any atom is -0.390 e. The van der Waals surface area contributed by atoms with Crippen LogP contribution in [0.4, 0.5) is 0 Å². The van der Waals surface area contributed by atoms with Crippen molar-refractivity contribution in [2.24, 2.45) is 23.7 Å². The monoisotopic (exact) mass is 642 g/mol. The minimum atomic E-state index is -2.44. The van der Waals surface area contributed by atoms with Crippen molar-refractivity contribution in [3.05, 3.63) is 60.2 Å². The Balaban J connectivity index is 1.41. The molecule has 0 radical (unpaired) electrons. The van der Waals surface area contributed by atoms with Crippen molar-refractivity contribution in [2.75, 3.05) is 13.2 Å². The molecule has 3 saturated carbocycles. The Labute approximate surface area is 271 Å². The Kier molecular flexibility index (Phi) is 8.74. The van der Waals surface area contributed by atoms with E-state index in [4.69, 9.17) is 18.9 Å². The van der Waals surface area contributed by atoms with Gasteiger partial charge in [-0.2, -0.15) is 0 Å². The number of hydrogen-bond acceptors (Lipinski definition) is 10. The van der Waals surface area contributed by atoms with E-state index in [0.29, 0.717) is 30.4 Å². The molecule has 3 aliphatic carbocycles. The molecular formula is C36H50O10. The highest BCUT2D eigenvalue weighted by Crippen LogP contribution is 2.72. The maximum atomic E-state index is 12.6. The van der Waals surface area contributed by atoms with E-state index in [1.54, 1.807) is 13.0 Å². The van der Waals surface area contributed by atoms with Gasteiger partial charge < -0.3 is 44.5 Å². The summed E-state index contributed by atoms with van der Waals surface area (Å²) in [7, 11) is 0. The fraction of sp³-hybridized carbons (Fsp3) is 0.694. The van der Waals surface area contributed by atoms with Gasteiger partial charge in [0, 0.05) is 23.8 Å². The molecule has 0 aromatic heterocycles. The third-order valence-corrected chi connectivity index (χ3v) is 11.8. The van der Waals surface area contributed by atoms with Crippen molar-refractivity contribution in [1.29, 1.82) is 0 Å². The highest BCUT2D eigenvalue weighted by atomic mass is 16.9. The molecule has 3 bridgehead atoms. The molecule has 6 rings (SSSR count). The van der Waals surface area contributed by atoms with Crippen molar-refractivity contribution >= 4 is 5.78 Å². The lowest BCUT2D eigenvalue weighted by atomic mass is 9.53. The predicted molar refractivity (Wildman–Crippen MR) is 167 cm³/mol. The third-order valence-electron chi connectivity index (χ3n) is 11.8. The van der Waals surface area contributed by atoms with Gasteiger partial charge in [0.15, 0.2) is 5.78 Å². The molecule has 1 aromatic rings. The largest absolute Gasteiger partial charge is 0.390 e. The summed E-state index contributed by atoms with van der Waals surface area (Å²) < 4.78 is 26.5. The van der Waals surface area contributed by atoms with Crippen molar-refractivity contribution in [1.82, 2.24) is 0 Å². The van der Waals surface area contributed by atoms with Gasteiger partial charge in [0.25, 0.3) is 0 Å². The topological polar surface area (TPSA) is 155 Å². The van der Waals surface area contributed by atoms with Crippen LogP contribution in [0.5, 0.6) is 0 Å². The number of allylic oxidation sites excluding steroid dienone is 1. The van der Waals surface area contributed by atoms with E-state index in [1.807, 2.05) is 51.1 Å². The van der Waals surface area contributed by atoms with Crippen LogP contribution < -0.4 is 0 Å². The fourth-order valence-electron chi connectivity index (χ4n) is 9.45. The quantitative estimate of drug-likeness (QED) is 0.138. The van der Waals surface area contributed by atoms with Crippen LogP contribution in [0.2, 0.25) is 0 Å². The molecule has 2 aliphatic heterocycles. The first kappa shape index (κ1) is 33.9. The number of aliphatic hydroxyl groups is 5. The molecular weight excluding hydrogens is 592 g/mol. The average Bonchev–Trinajstić information content (AvgIpc) is 3.39. The summed E-state index contributed by atoms with van der Waals surface area (Å²) in [4.78, 5) is 12.0. The Bertz CT molecular complexity index is 1350. The van der Waals surface area contributed by atoms with Crippen molar-refractivity contribution in [3.63, 3.8) is 0 Å². The Morgan fingerprint density at radius 1 is 1.11 bits per heavy atom. The van der Waals surface area contributed by atoms with Gasteiger partial charge >= 0.3 is 5.97 Å². The second-order valence-electron chi connectivity index (χ2n) is 14.6. The van der Waals surface area contributed by atoms with Crippen LogP contribution in [0.25, 0.3) is 0 Å². The molecule has 2 heterocycles. The van der Waals surface area contributed by atoms with Gasteiger partial charge in [-0.3, -0.25) is 4.79 Å². The summed E-state index contributed by atoms with van der Waals surface area (Å²) in [5.41, 5.74) is -5.98. The molecule has 2 saturated heterocycles. The first-order chi connectivity index (χ1) is 21.7. The zero-order valence-electron chi connectivity index (χ0n) is 27.3. The van der Waals surface area contributed by atoms with Crippen LogP contribution in [0.1, 0.15) is 71.8 Å². The smallest absolute Gasteiger partial charge is 0.313 e. The first-order valence-corrected chi connectivity index (χ1v) is 16.8. The number of fused-ring (bicyclic) bond motifs is 2. The lowest BCUT2D eigenvalue weighted by Gasteiger charge is -2.61. The molecule has 0 amide bonds. The lowest BCUT2D eigenvalue weighted by molar-refractivity contribution is -0.446. The third kappa shape index (κ3) is 4.59. The molecule has 254 valence electrons. The average molecular weight is 643 g/mol. The van der Waals surface area contributed by atoms with Crippen LogP contribution in [-0.4, -0.2) is 91.3 Å². The van der Waals surface area contributed by atoms with Gasteiger partial charge in [0.05, 0.1) is 31.0 Å². The first-order valence-electron chi connectivity index (χ1n) is 16.8. The number of benzene rings is 1. The van der Waals surface area contributed by atoms with Gasteiger partial charge in [-0.05, 0) is 56.1 Å². The van der Waals surface area contributed by atoms with Crippen LogP contribution in [0, 0.1) is 23.7 Å². The normalized spacial score (nSPS) is 47.5. The molecule has 13 unspecified atom stereocenters. The van der Waals surface area contributed by atoms with Crippen LogP contribution in [-0.2, 0) is 29.7 Å². The summed E-state index contributed by atoms with van der Waals surface area (Å²) in [6.07, 6.45) is 0.382. The predicted octanol–water partition coefficient (Wildman–Crippen LogP) is 2.89. The standard InChI is InChI=1S/C36H50O10/c1-6-7-15-25(37)16-11-12-17-43-20-32(41)29(39)27-30-33(21(2)3)19-23(5)35(27,26-18-22(4)28(38)34(26,42)31(32)40)46-36(44-30,45-33)24-13-9-8-10-14-24/h8-11,13-14,16,22-23,26-31,38-42H,2,6-7,12,15,17-20H2,1,3-5H3. The van der Waals surface area contributed by atoms with Crippen molar-refractivity contribution in [3.8, 4) is 0 Å². The fourth-order valence-corrected chi connectivity index (χ4v) is 9.45. The number of hydrogen-bond donors (Lipinski definition) is 5. The van der Waals surface area contributed by atoms with Crippen LogP contribution in [0.3, 0.4) is 0 Å². The highest BCUT2D eigenvalue weighted by Gasteiger charge is 2.84. The van der Waals surface area contributed by atoms with E-state index < -0.39 is 83.1 Å². The van der Waals surface area contributed by atoms with E-state index in [2.05, 4.69) is 6.58 Å². The van der Waals surface area contributed by atoms with E-state index in [-0.39, 0.29) is 18.8 Å². The summed E-state index contributed by atoms with van der Waals surface area (Å²) in [5, 5.41) is 60.9. The molecule has 5 N–H and O–H groups in total. The molecule has 10 heteroatoms. The second kappa shape index (κ2) is 11.9. The molecule has 0 spiro atoms. The summed E-state index contributed by atoms with van der Waals surface area (Å²) in [5.74, 6) is -4.48. The number of aliphatic hydroxyl groups excluding tert-OH is 3. The van der Waals surface area contributed by atoms with Crippen molar-refractivity contribution in [2.45, 2.75) is 119 Å². The number of unbranched alkanes of at least 4 members (excludes halogenated alkanes) is 1. The summed E-state index contributed by atoms with van der Waals surface area (Å²) in [6, 6.07) is 9.19. The second-order valence-corrected chi connectivity index (χ2v) is 14.6. The Hall–Kier alpha value is -1.99.